The predicted octanol–water partition coefficient (Wildman–Crippen LogP) is 3.05. The van der Waals surface area contributed by atoms with Crippen molar-refractivity contribution in [1.82, 2.24) is 4.31 Å². The zero-order chi connectivity index (χ0) is 19.4. The third kappa shape index (κ3) is 4.18. The summed E-state index contributed by atoms with van der Waals surface area (Å²) in [5.41, 5.74) is 1.89. The number of hydrogen-bond donors (Lipinski definition) is 1. The lowest BCUT2D eigenvalue weighted by Gasteiger charge is -2.33. The van der Waals surface area contributed by atoms with E-state index in [1.54, 1.807) is 48.5 Å². The summed E-state index contributed by atoms with van der Waals surface area (Å²) in [6.45, 7) is 2.20. The van der Waals surface area contributed by atoms with Crippen molar-refractivity contribution in [3.05, 3.63) is 59.7 Å². The fourth-order valence-corrected chi connectivity index (χ4v) is 4.85. The second-order valence-electron chi connectivity index (χ2n) is 6.62. The number of carbonyl (C=O) groups excluding carboxylic acids is 1. The summed E-state index contributed by atoms with van der Waals surface area (Å²) in [5, 5.41) is 11.7. The number of nitriles is 1. The molecule has 0 radical (unpaired) electrons. The van der Waals surface area contributed by atoms with Crippen LogP contribution >= 0.6 is 0 Å². The van der Waals surface area contributed by atoms with Crippen molar-refractivity contribution >= 4 is 21.6 Å². The molecule has 1 atom stereocenters. The molecule has 1 aliphatic rings. The number of carbonyl (C=O) groups is 1. The van der Waals surface area contributed by atoms with E-state index in [0.717, 1.165) is 18.4 Å². The van der Waals surface area contributed by atoms with Crippen LogP contribution in [0.3, 0.4) is 0 Å². The van der Waals surface area contributed by atoms with Gasteiger partial charge in [0.1, 0.15) is 6.04 Å². The summed E-state index contributed by atoms with van der Waals surface area (Å²) in [7, 11) is -3.76. The van der Waals surface area contributed by atoms with Gasteiger partial charge in [0.05, 0.1) is 16.5 Å². The molecule has 0 aliphatic carbocycles. The SMILES string of the molecule is Cc1ccc(S(=O)(=O)N2CCCC[C@H]2C(=O)Nc2cccc(C#N)c2)cc1. The van der Waals surface area contributed by atoms with Crippen LogP contribution < -0.4 is 5.32 Å². The highest BCUT2D eigenvalue weighted by Crippen LogP contribution is 2.26. The van der Waals surface area contributed by atoms with Crippen LogP contribution in [-0.2, 0) is 14.8 Å². The van der Waals surface area contributed by atoms with Gasteiger partial charge in [0.15, 0.2) is 0 Å². The van der Waals surface area contributed by atoms with Gasteiger partial charge in [-0.1, -0.05) is 30.2 Å². The van der Waals surface area contributed by atoms with Crippen LogP contribution in [0.4, 0.5) is 5.69 Å². The van der Waals surface area contributed by atoms with Gasteiger partial charge >= 0.3 is 0 Å². The first kappa shape index (κ1) is 19.1. The Kier molecular flexibility index (Phi) is 5.59. The maximum absolute atomic E-state index is 13.1. The number of amides is 1. The molecule has 7 heteroatoms. The molecular formula is C20H21N3O3S. The number of nitrogens with one attached hydrogen (secondary N) is 1. The fraction of sp³-hybridized carbons (Fsp3) is 0.300. The van der Waals surface area contributed by atoms with Gasteiger partial charge in [-0.3, -0.25) is 4.79 Å². The molecule has 1 aliphatic heterocycles. The normalized spacial score (nSPS) is 17.9. The molecule has 0 unspecified atom stereocenters. The first-order valence-electron chi connectivity index (χ1n) is 8.81. The van der Waals surface area contributed by atoms with E-state index in [-0.39, 0.29) is 10.8 Å². The van der Waals surface area contributed by atoms with Crippen LogP contribution in [-0.4, -0.2) is 31.2 Å². The number of anilines is 1. The minimum Gasteiger partial charge on any atom is -0.325 e. The zero-order valence-corrected chi connectivity index (χ0v) is 15.9. The van der Waals surface area contributed by atoms with E-state index in [1.807, 2.05) is 13.0 Å². The molecule has 6 nitrogen and oxygen atoms in total. The minimum absolute atomic E-state index is 0.194. The smallest absolute Gasteiger partial charge is 0.243 e. The van der Waals surface area contributed by atoms with Gasteiger partial charge in [-0.05, 0) is 50.1 Å². The van der Waals surface area contributed by atoms with E-state index in [2.05, 4.69) is 5.32 Å². The third-order valence-electron chi connectivity index (χ3n) is 4.64. The molecule has 1 fully saturated rings. The van der Waals surface area contributed by atoms with Crippen LogP contribution in [0.5, 0.6) is 0 Å². The van der Waals surface area contributed by atoms with Crippen LogP contribution in [0.2, 0.25) is 0 Å². The van der Waals surface area contributed by atoms with E-state index in [4.69, 9.17) is 5.26 Å². The predicted molar refractivity (Wildman–Crippen MR) is 102 cm³/mol. The average Bonchev–Trinajstić information content (AvgIpc) is 2.68. The van der Waals surface area contributed by atoms with Gasteiger partial charge in [-0.2, -0.15) is 9.57 Å². The van der Waals surface area contributed by atoms with Crippen molar-refractivity contribution in [2.24, 2.45) is 0 Å². The summed E-state index contributed by atoms with van der Waals surface area (Å²) in [4.78, 5) is 13.0. The van der Waals surface area contributed by atoms with Crippen LogP contribution in [0.25, 0.3) is 0 Å². The topological polar surface area (TPSA) is 90.3 Å². The molecule has 3 rings (SSSR count). The second kappa shape index (κ2) is 7.91. The Morgan fingerprint density at radius 3 is 2.63 bits per heavy atom. The molecule has 0 spiro atoms. The Hall–Kier alpha value is -2.69. The maximum atomic E-state index is 13.1. The quantitative estimate of drug-likeness (QED) is 0.879. The Bertz CT molecular complexity index is 978. The molecule has 0 aromatic heterocycles. The molecule has 2 aromatic carbocycles. The molecule has 0 saturated carbocycles. The van der Waals surface area contributed by atoms with Crippen molar-refractivity contribution < 1.29 is 13.2 Å². The van der Waals surface area contributed by atoms with E-state index in [1.165, 1.54) is 4.31 Å². The van der Waals surface area contributed by atoms with Gasteiger partial charge in [-0.15, -0.1) is 0 Å². The number of nitrogens with zero attached hydrogens (tertiary/aromatic N) is 2. The highest BCUT2D eigenvalue weighted by Gasteiger charge is 2.37. The van der Waals surface area contributed by atoms with E-state index < -0.39 is 16.1 Å². The number of piperidine rings is 1. The number of sulfonamides is 1. The number of aryl methyl sites for hydroxylation is 1. The van der Waals surface area contributed by atoms with Gasteiger partial charge in [0, 0.05) is 12.2 Å². The Labute approximate surface area is 159 Å². The summed E-state index contributed by atoms with van der Waals surface area (Å²) < 4.78 is 27.4. The van der Waals surface area contributed by atoms with Crippen molar-refractivity contribution in [2.75, 3.05) is 11.9 Å². The molecule has 140 valence electrons. The summed E-state index contributed by atoms with van der Waals surface area (Å²) in [6.07, 6.45) is 1.98. The Morgan fingerprint density at radius 1 is 1.19 bits per heavy atom. The number of hydrogen-bond acceptors (Lipinski definition) is 4. The fourth-order valence-electron chi connectivity index (χ4n) is 3.19. The van der Waals surface area contributed by atoms with E-state index in [0.29, 0.717) is 24.2 Å². The number of benzene rings is 2. The summed E-state index contributed by atoms with van der Waals surface area (Å²) in [6, 6.07) is 14.5. The number of rotatable bonds is 4. The Morgan fingerprint density at radius 2 is 1.93 bits per heavy atom. The van der Waals surface area contributed by atoms with Crippen LogP contribution in [0.1, 0.15) is 30.4 Å². The van der Waals surface area contributed by atoms with Crippen LogP contribution in [0, 0.1) is 18.3 Å². The molecule has 0 bridgehead atoms. The monoisotopic (exact) mass is 383 g/mol. The lowest BCUT2D eigenvalue weighted by molar-refractivity contribution is -0.120. The highest BCUT2D eigenvalue weighted by molar-refractivity contribution is 7.89. The first-order valence-corrected chi connectivity index (χ1v) is 10.3. The second-order valence-corrected chi connectivity index (χ2v) is 8.51. The van der Waals surface area contributed by atoms with Crippen molar-refractivity contribution in [2.45, 2.75) is 37.1 Å². The van der Waals surface area contributed by atoms with E-state index in [9.17, 15) is 13.2 Å². The molecule has 2 aromatic rings. The molecule has 1 N–H and O–H groups in total. The zero-order valence-electron chi connectivity index (χ0n) is 15.1. The van der Waals surface area contributed by atoms with E-state index >= 15 is 0 Å². The minimum atomic E-state index is -3.76. The summed E-state index contributed by atoms with van der Waals surface area (Å²) >= 11 is 0. The lowest BCUT2D eigenvalue weighted by atomic mass is 10.0. The standard InChI is InChI=1S/C20H21N3O3S/c1-15-8-10-18(11-9-15)27(25,26)23-12-3-2-7-19(23)20(24)22-17-6-4-5-16(13-17)14-21/h4-6,8-11,13,19H,2-3,7,12H2,1H3,(H,22,24)/t19-/m0/s1. The maximum Gasteiger partial charge on any atom is 0.243 e. The van der Waals surface area contributed by atoms with Gasteiger partial charge in [0.2, 0.25) is 15.9 Å². The van der Waals surface area contributed by atoms with Crippen LogP contribution in [0.15, 0.2) is 53.4 Å². The largest absolute Gasteiger partial charge is 0.325 e. The average molecular weight is 383 g/mol. The molecule has 1 heterocycles. The van der Waals surface area contributed by atoms with Gasteiger partial charge < -0.3 is 5.32 Å². The van der Waals surface area contributed by atoms with Crippen molar-refractivity contribution in [1.29, 1.82) is 5.26 Å². The molecular weight excluding hydrogens is 362 g/mol. The molecule has 1 saturated heterocycles. The van der Waals surface area contributed by atoms with Gasteiger partial charge in [-0.25, -0.2) is 8.42 Å². The highest BCUT2D eigenvalue weighted by atomic mass is 32.2. The third-order valence-corrected chi connectivity index (χ3v) is 6.57. The van der Waals surface area contributed by atoms with Gasteiger partial charge in [0.25, 0.3) is 0 Å². The molecule has 1 amide bonds. The van der Waals surface area contributed by atoms with Crippen molar-refractivity contribution in [3.8, 4) is 6.07 Å². The Balaban J connectivity index is 1.85. The summed E-state index contributed by atoms with van der Waals surface area (Å²) in [5.74, 6) is -0.375. The first-order chi connectivity index (χ1) is 12.9. The molecule has 27 heavy (non-hydrogen) atoms. The van der Waals surface area contributed by atoms with Crippen molar-refractivity contribution in [3.63, 3.8) is 0 Å². The lowest BCUT2D eigenvalue weighted by Crippen LogP contribution is -2.49.